The van der Waals surface area contributed by atoms with Crippen LogP contribution in [0, 0.1) is 5.41 Å². The van der Waals surface area contributed by atoms with Crippen LogP contribution < -0.4 is 5.32 Å². The minimum absolute atomic E-state index is 0.121. The van der Waals surface area contributed by atoms with Crippen LogP contribution >= 0.6 is 0 Å². The molecule has 1 unspecified atom stereocenters. The molecule has 1 aliphatic carbocycles. The number of alkyl halides is 1. The second kappa shape index (κ2) is 4.58. The van der Waals surface area contributed by atoms with Gasteiger partial charge >= 0.3 is 12.0 Å². The normalized spacial score (nSPS) is 31.0. The zero-order chi connectivity index (χ0) is 14.4. The van der Waals surface area contributed by atoms with E-state index in [0.717, 1.165) is 12.8 Å². The fraction of sp³-hybridized carbons (Fsp3) is 0.846. The summed E-state index contributed by atoms with van der Waals surface area (Å²) in [6.07, 6.45) is 1.93. The number of amides is 2. The van der Waals surface area contributed by atoms with Crippen molar-refractivity contribution in [2.75, 3.05) is 32.9 Å². The average Bonchev–Trinajstić information content (AvgIpc) is 3.09. The molecule has 2 saturated heterocycles. The van der Waals surface area contributed by atoms with E-state index in [4.69, 9.17) is 9.47 Å². The fourth-order valence-corrected chi connectivity index (χ4v) is 2.81. The monoisotopic (exact) mass is 286 g/mol. The van der Waals surface area contributed by atoms with Crippen molar-refractivity contribution in [2.45, 2.75) is 31.5 Å². The summed E-state index contributed by atoms with van der Waals surface area (Å²) in [6.45, 7) is 1.99. The van der Waals surface area contributed by atoms with Crippen LogP contribution in [-0.4, -0.2) is 61.5 Å². The molecular weight excluding hydrogens is 267 g/mol. The van der Waals surface area contributed by atoms with Gasteiger partial charge in [-0.3, -0.25) is 0 Å². The minimum Gasteiger partial charge on any atom is -0.464 e. The molecule has 0 aromatic heterocycles. The zero-order valence-electron chi connectivity index (χ0n) is 11.5. The van der Waals surface area contributed by atoms with Gasteiger partial charge in [0.2, 0.25) is 5.67 Å². The van der Waals surface area contributed by atoms with Gasteiger partial charge in [0, 0.05) is 12.6 Å². The molecule has 0 bridgehead atoms. The molecule has 1 N–H and O–H groups in total. The van der Waals surface area contributed by atoms with Crippen molar-refractivity contribution in [3.05, 3.63) is 0 Å². The first-order chi connectivity index (χ1) is 9.51. The third-order valence-corrected chi connectivity index (χ3v) is 4.29. The first-order valence-corrected chi connectivity index (χ1v) is 7.00. The number of nitrogens with one attached hydrogen (secondary N) is 1. The van der Waals surface area contributed by atoms with Crippen molar-refractivity contribution in [3.63, 3.8) is 0 Å². The topological polar surface area (TPSA) is 67.9 Å². The molecule has 6 nitrogen and oxygen atoms in total. The molecule has 3 fully saturated rings. The second-order valence-electron chi connectivity index (χ2n) is 5.87. The maximum Gasteiger partial charge on any atom is 0.346 e. The third kappa shape index (κ3) is 1.95. The minimum atomic E-state index is -2.16. The molecule has 0 radical (unpaired) electrons. The van der Waals surface area contributed by atoms with Gasteiger partial charge in [0.25, 0.3) is 0 Å². The van der Waals surface area contributed by atoms with E-state index in [1.165, 1.54) is 4.90 Å². The van der Waals surface area contributed by atoms with Gasteiger partial charge in [-0.1, -0.05) is 0 Å². The number of carbonyl (C=O) groups excluding carboxylic acids is 2. The summed E-state index contributed by atoms with van der Waals surface area (Å²) < 4.78 is 25.1. The van der Waals surface area contributed by atoms with Crippen molar-refractivity contribution in [1.82, 2.24) is 10.2 Å². The largest absolute Gasteiger partial charge is 0.464 e. The highest BCUT2D eigenvalue weighted by Crippen LogP contribution is 2.48. The summed E-state index contributed by atoms with van der Waals surface area (Å²) >= 11 is 0. The van der Waals surface area contributed by atoms with Gasteiger partial charge in [-0.15, -0.1) is 0 Å². The Balaban J connectivity index is 1.75. The van der Waals surface area contributed by atoms with E-state index in [-0.39, 0.29) is 45.0 Å². The molecular formula is C13H19FN2O4. The van der Waals surface area contributed by atoms with Crippen LogP contribution in [0.3, 0.4) is 0 Å². The molecule has 112 valence electrons. The predicted octanol–water partition coefficient (Wildman–Crippen LogP) is 0.462. The van der Waals surface area contributed by atoms with Crippen LogP contribution in [0.4, 0.5) is 9.18 Å². The van der Waals surface area contributed by atoms with Crippen LogP contribution in [0.2, 0.25) is 0 Å². The number of urea groups is 1. The smallest absolute Gasteiger partial charge is 0.346 e. The van der Waals surface area contributed by atoms with Crippen LogP contribution in [0.1, 0.15) is 19.8 Å². The predicted molar refractivity (Wildman–Crippen MR) is 66.9 cm³/mol. The van der Waals surface area contributed by atoms with Gasteiger partial charge in [0.15, 0.2) is 0 Å². The molecule has 0 aromatic carbocycles. The van der Waals surface area contributed by atoms with E-state index in [0.29, 0.717) is 0 Å². The van der Waals surface area contributed by atoms with E-state index in [1.54, 1.807) is 6.92 Å². The van der Waals surface area contributed by atoms with E-state index >= 15 is 4.39 Å². The molecule has 3 rings (SSSR count). The highest BCUT2D eigenvalue weighted by atomic mass is 19.1. The molecule has 2 amide bonds. The number of carbonyl (C=O) groups is 2. The van der Waals surface area contributed by atoms with Crippen molar-refractivity contribution < 1.29 is 23.5 Å². The maximum atomic E-state index is 15.2. The first kappa shape index (κ1) is 13.6. The Morgan fingerprint density at radius 3 is 2.60 bits per heavy atom. The summed E-state index contributed by atoms with van der Waals surface area (Å²) in [5.74, 6) is -0.884. The van der Waals surface area contributed by atoms with E-state index < -0.39 is 17.1 Å². The van der Waals surface area contributed by atoms with Gasteiger partial charge in [0.1, 0.15) is 0 Å². The summed E-state index contributed by atoms with van der Waals surface area (Å²) in [6, 6.07) is -0.101. The lowest BCUT2D eigenvalue weighted by atomic mass is 9.74. The lowest BCUT2D eigenvalue weighted by Crippen LogP contribution is -2.61. The van der Waals surface area contributed by atoms with Crippen LogP contribution in [-0.2, 0) is 14.3 Å². The quantitative estimate of drug-likeness (QED) is 0.765. The van der Waals surface area contributed by atoms with Crippen molar-refractivity contribution in [2.24, 2.45) is 5.41 Å². The molecule has 0 aromatic rings. The number of esters is 1. The summed E-state index contributed by atoms with van der Waals surface area (Å²) in [5.41, 5.74) is -3.11. The molecule has 1 saturated carbocycles. The van der Waals surface area contributed by atoms with E-state index in [1.807, 2.05) is 0 Å². The van der Waals surface area contributed by atoms with Gasteiger partial charge in [-0.25, -0.2) is 14.0 Å². The summed E-state index contributed by atoms with van der Waals surface area (Å²) in [7, 11) is 0. The molecule has 20 heavy (non-hydrogen) atoms. The molecule has 2 aliphatic heterocycles. The van der Waals surface area contributed by atoms with Gasteiger partial charge in [-0.05, 0) is 19.8 Å². The van der Waals surface area contributed by atoms with Gasteiger partial charge in [0.05, 0.1) is 31.8 Å². The Hall–Kier alpha value is -1.37. The molecule has 3 aliphatic rings. The number of rotatable bonds is 3. The number of likely N-dealkylation sites (tertiary alicyclic amines) is 1. The lowest BCUT2D eigenvalue weighted by molar-refractivity contribution is -0.196. The van der Waals surface area contributed by atoms with E-state index in [9.17, 15) is 9.59 Å². The SMILES string of the molecule is CCOC(=O)C1(F)CN(C(=O)NC2CC2)CC12COC2. The van der Waals surface area contributed by atoms with Crippen LogP contribution in [0.25, 0.3) is 0 Å². The maximum absolute atomic E-state index is 15.2. The number of hydrogen-bond donors (Lipinski definition) is 1. The van der Waals surface area contributed by atoms with E-state index in [2.05, 4.69) is 5.32 Å². The first-order valence-electron chi connectivity index (χ1n) is 7.00. The average molecular weight is 286 g/mol. The Morgan fingerprint density at radius 1 is 1.40 bits per heavy atom. The zero-order valence-corrected chi connectivity index (χ0v) is 11.5. The molecule has 7 heteroatoms. The second-order valence-corrected chi connectivity index (χ2v) is 5.87. The van der Waals surface area contributed by atoms with Gasteiger partial charge in [-0.2, -0.15) is 0 Å². The summed E-state index contributed by atoms with van der Waals surface area (Å²) in [5, 5.41) is 2.82. The number of halogens is 1. The molecule has 2 heterocycles. The van der Waals surface area contributed by atoms with Crippen molar-refractivity contribution in [1.29, 1.82) is 0 Å². The molecule has 1 atom stereocenters. The molecule has 1 spiro atoms. The Bertz CT molecular complexity index is 436. The van der Waals surface area contributed by atoms with Crippen LogP contribution in [0.15, 0.2) is 0 Å². The Kier molecular flexibility index (Phi) is 3.12. The van der Waals surface area contributed by atoms with Crippen molar-refractivity contribution >= 4 is 12.0 Å². The summed E-state index contributed by atoms with van der Waals surface area (Å²) in [4.78, 5) is 25.4. The highest BCUT2D eigenvalue weighted by Gasteiger charge is 2.68. The Morgan fingerprint density at radius 2 is 2.10 bits per heavy atom. The van der Waals surface area contributed by atoms with Crippen molar-refractivity contribution in [3.8, 4) is 0 Å². The lowest BCUT2D eigenvalue weighted by Gasteiger charge is -2.43. The Labute approximate surface area is 116 Å². The third-order valence-electron chi connectivity index (χ3n) is 4.29. The van der Waals surface area contributed by atoms with Crippen LogP contribution in [0.5, 0.6) is 0 Å². The fourth-order valence-electron chi connectivity index (χ4n) is 2.81. The van der Waals surface area contributed by atoms with Gasteiger partial charge < -0.3 is 19.7 Å². The number of hydrogen-bond acceptors (Lipinski definition) is 4. The standard InChI is InChI=1S/C13H19FN2O4/c1-2-20-10(17)13(14)6-16(5-12(13)7-19-8-12)11(18)15-9-3-4-9/h9H,2-8H2,1H3,(H,15,18). The number of ether oxygens (including phenoxy) is 2. The number of nitrogens with zero attached hydrogens (tertiary/aromatic N) is 1. The highest BCUT2D eigenvalue weighted by molar-refractivity contribution is 5.85.